The molecule has 3 nitrogen and oxygen atoms in total. The molecule has 0 unspecified atom stereocenters. The average Bonchev–Trinajstić information content (AvgIpc) is 2.06. The Bertz CT molecular complexity index is 171. The van der Waals surface area contributed by atoms with Gasteiger partial charge in [0, 0.05) is 20.6 Å². The minimum Gasteiger partial charge on any atom is -0.359 e. The highest BCUT2D eigenvalue weighted by atomic mass is 15.2. The van der Waals surface area contributed by atoms with Gasteiger partial charge in [-0.05, 0) is 11.3 Å². The first-order chi connectivity index (χ1) is 5.94. The van der Waals surface area contributed by atoms with Gasteiger partial charge in [0.25, 0.3) is 0 Å². The van der Waals surface area contributed by atoms with Crippen LogP contribution >= 0.6 is 0 Å². The summed E-state index contributed by atoms with van der Waals surface area (Å²) >= 11 is 0. The lowest BCUT2D eigenvalue weighted by Gasteiger charge is -2.29. The van der Waals surface area contributed by atoms with Gasteiger partial charge in [-0.1, -0.05) is 27.7 Å². The Kier molecular flexibility index (Phi) is 4.81. The van der Waals surface area contributed by atoms with E-state index >= 15 is 0 Å². The molecule has 0 aliphatic heterocycles. The molecule has 0 bridgehead atoms. The number of hydrogen-bond acceptors (Lipinski definition) is 1. The number of nitrogens with one attached hydrogen (secondary N) is 2. The predicted octanol–water partition coefficient (Wildman–Crippen LogP) is 1.46. The molecule has 0 aromatic rings. The molecule has 0 rings (SSSR count). The molecule has 0 aromatic carbocycles. The lowest BCUT2D eigenvalue weighted by atomic mass is 9.81. The molecule has 0 aliphatic carbocycles. The quantitative estimate of drug-likeness (QED) is 0.516. The summed E-state index contributed by atoms with van der Waals surface area (Å²) in [7, 11) is 3.65. The summed E-state index contributed by atoms with van der Waals surface area (Å²) in [6.07, 6.45) is 0. The molecule has 2 N–H and O–H groups in total. The van der Waals surface area contributed by atoms with Crippen molar-refractivity contribution in [2.45, 2.75) is 27.7 Å². The Morgan fingerprint density at radius 1 is 1.38 bits per heavy atom. The van der Waals surface area contributed by atoms with Crippen molar-refractivity contribution in [1.82, 2.24) is 10.6 Å². The second kappa shape index (κ2) is 5.10. The van der Waals surface area contributed by atoms with E-state index in [9.17, 15) is 0 Å². The Morgan fingerprint density at radius 3 is 2.23 bits per heavy atom. The molecule has 13 heavy (non-hydrogen) atoms. The molecule has 0 spiro atoms. The van der Waals surface area contributed by atoms with E-state index in [0.717, 1.165) is 12.5 Å². The van der Waals surface area contributed by atoms with Crippen molar-refractivity contribution in [2.24, 2.45) is 16.3 Å². The number of hydrogen-bond donors (Lipinski definition) is 2. The van der Waals surface area contributed by atoms with Crippen molar-refractivity contribution >= 4 is 5.96 Å². The first-order valence-electron chi connectivity index (χ1n) is 4.82. The van der Waals surface area contributed by atoms with Crippen LogP contribution in [0, 0.1) is 11.3 Å². The molecule has 0 fully saturated rings. The second-order valence-electron chi connectivity index (χ2n) is 4.32. The van der Waals surface area contributed by atoms with Crippen LogP contribution in [-0.2, 0) is 0 Å². The van der Waals surface area contributed by atoms with Gasteiger partial charge in [-0.25, -0.2) is 0 Å². The van der Waals surface area contributed by atoms with E-state index in [1.54, 1.807) is 7.05 Å². The van der Waals surface area contributed by atoms with Crippen molar-refractivity contribution in [1.29, 1.82) is 0 Å². The smallest absolute Gasteiger partial charge is 0.190 e. The van der Waals surface area contributed by atoms with E-state index in [1.807, 2.05) is 7.05 Å². The summed E-state index contributed by atoms with van der Waals surface area (Å²) in [6.45, 7) is 9.94. The van der Waals surface area contributed by atoms with E-state index in [2.05, 4.69) is 43.3 Å². The minimum absolute atomic E-state index is 0.298. The maximum Gasteiger partial charge on any atom is 0.190 e. The van der Waals surface area contributed by atoms with Gasteiger partial charge in [0.15, 0.2) is 5.96 Å². The highest BCUT2D eigenvalue weighted by Crippen LogP contribution is 2.24. The molecule has 0 atom stereocenters. The van der Waals surface area contributed by atoms with Crippen LogP contribution in [-0.4, -0.2) is 26.6 Å². The number of nitrogens with zero attached hydrogens (tertiary/aromatic N) is 1. The maximum absolute atomic E-state index is 4.06. The lowest BCUT2D eigenvalue weighted by Crippen LogP contribution is -2.42. The van der Waals surface area contributed by atoms with Gasteiger partial charge in [-0.15, -0.1) is 0 Å². The van der Waals surface area contributed by atoms with Crippen molar-refractivity contribution in [3.05, 3.63) is 0 Å². The average molecular weight is 185 g/mol. The van der Waals surface area contributed by atoms with Crippen molar-refractivity contribution in [2.75, 3.05) is 20.6 Å². The summed E-state index contributed by atoms with van der Waals surface area (Å²) in [5, 5.41) is 6.28. The van der Waals surface area contributed by atoms with Crippen molar-refractivity contribution in [3.63, 3.8) is 0 Å². The zero-order valence-electron chi connectivity index (χ0n) is 9.73. The molecule has 0 amide bonds. The molecule has 0 aromatic heterocycles. The minimum atomic E-state index is 0.298. The van der Waals surface area contributed by atoms with Gasteiger partial charge in [-0.3, -0.25) is 4.99 Å². The van der Waals surface area contributed by atoms with Crippen LogP contribution in [0.2, 0.25) is 0 Å². The van der Waals surface area contributed by atoms with Crippen LogP contribution in [0.15, 0.2) is 4.99 Å². The fourth-order valence-corrected chi connectivity index (χ4v) is 0.795. The van der Waals surface area contributed by atoms with Gasteiger partial charge in [0.1, 0.15) is 0 Å². The fraction of sp³-hybridized carbons (Fsp3) is 0.900. The van der Waals surface area contributed by atoms with Crippen LogP contribution in [0.5, 0.6) is 0 Å². The third-order valence-corrected chi connectivity index (χ3v) is 2.73. The van der Waals surface area contributed by atoms with Gasteiger partial charge in [-0.2, -0.15) is 0 Å². The van der Waals surface area contributed by atoms with Crippen LogP contribution in [0.4, 0.5) is 0 Å². The largest absolute Gasteiger partial charge is 0.359 e. The van der Waals surface area contributed by atoms with E-state index in [-0.39, 0.29) is 0 Å². The first kappa shape index (κ1) is 12.3. The molecule has 0 heterocycles. The molecule has 78 valence electrons. The molecule has 0 radical (unpaired) electrons. The zero-order valence-corrected chi connectivity index (χ0v) is 9.73. The molecular weight excluding hydrogens is 162 g/mol. The van der Waals surface area contributed by atoms with E-state index in [4.69, 9.17) is 0 Å². The third kappa shape index (κ3) is 4.15. The van der Waals surface area contributed by atoms with Crippen molar-refractivity contribution in [3.8, 4) is 0 Å². The monoisotopic (exact) mass is 185 g/mol. The highest BCUT2D eigenvalue weighted by molar-refractivity contribution is 5.79. The molecule has 3 heteroatoms. The Balaban J connectivity index is 4.01. The van der Waals surface area contributed by atoms with Crippen LogP contribution in [0.3, 0.4) is 0 Å². The number of guanidine groups is 1. The Hall–Kier alpha value is -0.730. The van der Waals surface area contributed by atoms with Gasteiger partial charge >= 0.3 is 0 Å². The lowest BCUT2D eigenvalue weighted by molar-refractivity contribution is 0.250. The van der Waals surface area contributed by atoms with Crippen molar-refractivity contribution < 1.29 is 0 Å². The SMILES string of the molecule is CN=C(NC)NCC(C)(C)C(C)C. The first-order valence-corrected chi connectivity index (χ1v) is 4.82. The molecule has 0 aliphatic rings. The normalized spacial score (nSPS) is 13.3. The van der Waals surface area contributed by atoms with Gasteiger partial charge in [0.05, 0.1) is 0 Å². The topological polar surface area (TPSA) is 36.4 Å². The number of rotatable bonds is 3. The summed E-state index contributed by atoms with van der Waals surface area (Å²) in [5.74, 6) is 1.52. The van der Waals surface area contributed by atoms with E-state index in [1.165, 1.54) is 0 Å². The summed E-state index contributed by atoms with van der Waals surface area (Å²) in [4.78, 5) is 4.06. The standard InChI is InChI=1S/C10H23N3/c1-8(2)10(3,4)7-13-9(11-5)12-6/h8H,7H2,1-6H3,(H2,11,12,13). The number of aliphatic imine (C=N–C) groups is 1. The van der Waals surface area contributed by atoms with Crippen LogP contribution < -0.4 is 10.6 Å². The predicted molar refractivity (Wildman–Crippen MR) is 59.0 cm³/mol. The summed E-state index contributed by atoms with van der Waals surface area (Å²) in [5.41, 5.74) is 0.298. The molecular formula is C10H23N3. The zero-order chi connectivity index (χ0) is 10.5. The van der Waals surface area contributed by atoms with Crippen LogP contribution in [0.25, 0.3) is 0 Å². The molecule has 0 saturated carbocycles. The van der Waals surface area contributed by atoms with Crippen LogP contribution in [0.1, 0.15) is 27.7 Å². The summed E-state index contributed by atoms with van der Waals surface area (Å²) in [6, 6.07) is 0. The maximum atomic E-state index is 4.06. The van der Waals surface area contributed by atoms with Gasteiger partial charge in [0.2, 0.25) is 0 Å². The van der Waals surface area contributed by atoms with Gasteiger partial charge < -0.3 is 10.6 Å². The fourth-order valence-electron chi connectivity index (χ4n) is 0.795. The second-order valence-corrected chi connectivity index (χ2v) is 4.32. The van der Waals surface area contributed by atoms with E-state index < -0.39 is 0 Å². The Labute approximate surface area is 82.0 Å². The van der Waals surface area contributed by atoms with E-state index in [0.29, 0.717) is 11.3 Å². The third-order valence-electron chi connectivity index (χ3n) is 2.73. The molecule has 0 saturated heterocycles. The summed E-state index contributed by atoms with van der Waals surface area (Å²) < 4.78 is 0. The highest BCUT2D eigenvalue weighted by Gasteiger charge is 2.22. The Morgan fingerprint density at radius 2 is 1.92 bits per heavy atom.